The summed E-state index contributed by atoms with van der Waals surface area (Å²) < 4.78 is 0. The fourth-order valence-electron chi connectivity index (χ4n) is 0.665. The highest BCUT2D eigenvalue weighted by atomic mass is 14.7. The van der Waals surface area contributed by atoms with Crippen LogP contribution in [0.25, 0.3) is 0 Å². The van der Waals surface area contributed by atoms with E-state index in [1.165, 1.54) is 0 Å². The van der Waals surface area contributed by atoms with Gasteiger partial charge in [-0.3, -0.25) is 4.99 Å². The number of rotatable bonds is 1. The number of nitrogens with zero attached hydrogens (tertiary/aromatic N) is 1. The van der Waals surface area contributed by atoms with Crippen LogP contribution in [0.1, 0.15) is 6.42 Å². The van der Waals surface area contributed by atoms with Crippen molar-refractivity contribution < 1.29 is 0 Å². The zero-order chi connectivity index (χ0) is 5.11. The molecule has 0 spiro atoms. The molecule has 1 heterocycles. The molecule has 1 aliphatic heterocycles. The van der Waals surface area contributed by atoms with Crippen molar-refractivity contribution >= 4 is 6.21 Å². The van der Waals surface area contributed by atoms with Gasteiger partial charge < -0.3 is 0 Å². The third-order valence-electron chi connectivity index (χ3n) is 1.21. The van der Waals surface area contributed by atoms with Gasteiger partial charge in [-0.15, -0.1) is 6.58 Å². The molecule has 1 heteroatoms. The summed E-state index contributed by atoms with van der Waals surface area (Å²) >= 11 is 0. The first kappa shape index (κ1) is 4.57. The maximum absolute atomic E-state index is 4.04. The summed E-state index contributed by atoms with van der Waals surface area (Å²) in [6.45, 7) is 4.62. The molecule has 0 radical (unpaired) electrons. The van der Waals surface area contributed by atoms with E-state index in [1.807, 2.05) is 12.3 Å². The van der Waals surface area contributed by atoms with Crippen molar-refractivity contribution in [2.45, 2.75) is 6.42 Å². The summed E-state index contributed by atoms with van der Waals surface area (Å²) in [5, 5.41) is 0. The fourth-order valence-corrected chi connectivity index (χ4v) is 0.665. The highest BCUT2D eigenvalue weighted by Crippen LogP contribution is 2.07. The van der Waals surface area contributed by atoms with Crippen LogP contribution in [0.4, 0.5) is 0 Å². The summed E-state index contributed by atoms with van der Waals surface area (Å²) in [4.78, 5) is 4.04. The predicted octanol–water partition coefficient (Wildman–Crippen LogP) is 1.26. The molecule has 1 unspecified atom stereocenters. The molecule has 0 aromatic heterocycles. The fraction of sp³-hybridized carbons (Fsp3) is 0.500. The van der Waals surface area contributed by atoms with Crippen molar-refractivity contribution in [3.63, 3.8) is 0 Å². The Hall–Kier alpha value is -0.590. The van der Waals surface area contributed by atoms with Gasteiger partial charge >= 0.3 is 0 Å². The second-order valence-electron chi connectivity index (χ2n) is 1.78. The second kappa shape index (κ2) is 1.92. The average molecular weight is 95.1 g/mol. The maximum atomic E-state index is 4.04. The lowest BCUT2D eigenvalue weighted by Gasteiger charge is -1.93. The van der Waals surface area contributed by atoms with Gasteiger partial charge in [0.15, 0.2) is 0 Å². The van der Waals surface area contributed by atoms with Gasteiger partial charge in [0.2, 0.25) is 0 Å². The van der Waals surface area contributed by atoms with E-state index in [-0.39, 0.29) is 0 Å². The monoisotopic (exact) mass is 95.1 g/mol. The van der Waals surface area contributed by atoms with Gasteiger partial charge in [-0.25, -0.2) is 0 Å². The van der Waals surface area contributed by atoms with Crippen LogP contribution in [0.3, 0.4) is 0 Å². The van der Waals surface area contributed by atoms with Crippen LogP contribution in [0.2, 0.25) is 0 Å². The average Bonchev–Trinajstić information content (AvgIpc) is 2.14. The van der Waals surface area contributed by atoms with Crippen LogP contribution in [0.5, 0.6) is 0 Å². The van der Waals surface area contributed by atoms with Gasteiger partial charge in [-0.05, 0) is 12.6 Å². The molecule has 0 bridgehead atoms. The van der Waals surface area contributed by atoms with Gasteiger partial charge in [0.25, 0.3) is 0 Å². The maximum Gasteiger partial charge on any atom is 0.0451 e. The first-order valence-electron chi connectivity index (χ1n) is 2.54. The van der Waals surface area contributed by atoms with E-state index in [1.54, 1.807) is 0 Å². The summed E-state index contributed by atoms with van der Waals surface area (Å²) in [6.07, 6.45) is 5.03. The largest absolute Gasteiger partial charge is 0.297 e. The lowest BCUT2D eigenvalue weighted by Crippen LogP contribution is -1.91. The molecule has 0 saturated carbocycles. The third-order valence-corrected chi connectivity index (χ3v) is 1.21. The molecule has 7 heavy (non-hydrogen) atoms. The minimum Gasteiger partial charge on any atom is -0.297 e. The van der Waals surface area contributed by atoms with E-state index >= 15 is 0 Å². The summed E-state index contributed by atoms with van der Waals surface area (Å²) in [5.74, 6) is 0.639. The molecule has 1 rings (SSSR count). The van der Waals surface area contributed by atoms with Crippen LogP contribution in [-0.4, -0.2) is 12.8 Å². The minimum atomic E-state index is 0.639. The number of hydrogen-bond acceptors (Lipinski definition) is 1. The molecule has 1 nitrogen and oxygen atoms in total. The molecule has 1 atom stereocenters. The zero-order valence-corrected chi connectivity index (χ0v) is 4.30. The zero-order valence-electron chi connectivity index (χ0n) is 4.30. The van der Waals surface area contributed by atoms with E-state index in [0.717, 1.165) is 13.0 Å². The molecule has 0 aromatic rings. The van der Waals surface area contributed by atoms with E-state index in [4.69, 9.17) is 0 Å². The van der Waals surface area contributed by atoms with Crippen LogP contribution in [0.15, 0.2) is 17.6 Å². The lowest BCUT2D eigenvalue weighted by atomic mass is 10.1. The second-order valence-corrected chi connectivity index (χ2v) is 1.78. The van der Waals surface area contributed by atoms with Crippen molar-refractivity contribution in [3.8, 4) is 0 Å². The first-order valence-corrected chi connectivity index (χ1v) is 2.54. The molecule has 0 aromatic carbocycles. The Morgan fingerprint density at radius 1 is 1.86 bits per heavy atom. The van der Waals surface area contributed by atoms with Crippen LogP contribution < -0.4 is 0 Å². The van der Waals surface area contributed by atoms with E-state index in [9.17, 15) is 0 Å². The molecule has 0 fully saturated rings. The SMILES string of the molecule is C=CC1CC=NC1. The van der Waals surface area contributed by atoms with Crippen molar-refractivity contribution in [2.24, 2.45) is 10.9 Å². The molecule has 0 N–H and O–H groups in total. The Morgan fingerprint density at radius 2 is 2.71 bits per heavy atom. The molecule has 0 aliphatic carbocycles. The van der Waals surface area contributed by atoms with Crippen molar-refractivity contribution in [1.29, 1.82) is 0 Å². The van der Waals surface area contributed by atoms with Gasteiger partial charge in [0.1, 0.15) is 0 Å². The Labute approximate surface area is 43.8 Å². The summed E-state index contributed by atoms with van der Waals surface area (Å²) in [7, 11) is 0. The minimum absolute atomic E-state index is 0.639. The normalized spacial score (nSPS) is 28.3. The quantitative estimate of drug-likeness (QED) is 0.435. The molecule has 38 valence electrons. The summed E-state index contributed by atoms with van der Waals surface area (Å²) in [6, 6.07) is 0. The van der Waals surface area contributed by atoms with E-state index in [2.05, 4.69) is 11.6 Å². The number of aliphatic imine (C=N–C) groups is 1. The Morgan fingerprint density at radius 3 is 3.00 bits per heavy atom. The van der Waals surface area contributed by atoms with E-state index < -0.39 is 0 Å². The molecular weight excluding hydrogens is 86.1 g/mol. The van der Waals surface area contributed by atoms with Crippen LogP contribution in [0, 0.1) is 5.92 Å². The Kier molecular flexibility index (Phi) is 1.25. The predicted molar refractivity (Wildman–Crippen MR) is 31.7 cm³/mol. The molecule has 1 aliphatic rings. The number of hydrogen-bond donors (Lipinski definition) is 0. The van der Waals surface area contributed by atoms with E-state index in [0.29, 0.717) is 5.92 Å². The standard InChI is InChI=1S/C6H9N/c1-2-6-3-4-7-5-6/h2,4,6H,1,3,5H2. The molecular formula is C6H9N. The smallest absolute Gasteiger partial charge is 0.0451 e. The molecule has 0 saturated heterocycles. The third kappa shape index (κ3) is 0.889. The lowest BCUT2D eigenvalue weighted by molar-refractivity contribution is 0.747. The topological polar surface area (TPSA) is 12.4 Å². The van der Waals surface area contributed by atoms with Crippen molar-refractivity contribution in [2.75, 3.05) is 6.54 Å². The van der Waals surface area contributed by atoms with Gasteiger partial charge in [0.05, 0.1) is 0 Å². The first-order chi connectivity index (χ1) is 3.43. The van der Waals surface area contributed by atoms with Gasteiger partial charge in [0, 0.05) is 12.5 Å². The Bertz CT molecular complexity index is 86.4. The van der Waals surface area contributed by atoms with Crippen molar-refractivity contribution in [3.05, 3.63) is 12.7 Å². The van der Waals surface area contributed by atoms with Gasteiger partial charge in [-0.2, -0.15) is 0 Å². The molecule has 0 amide bonds. The summed E-state index contributed by atoms with van der Waals surface area (Å²) in [5.41, 5.74) is 0. The van der Waals surface area contributed by atoms with Crippen LogP contribution >= 0.6 is 0 Å². The Balaban J connectivity index is 2.35. The highest BCUT2D eigenvalue weighted by molar-refractivity contribution is 5.60. The highest BCUT2D eigenvalue weighted by Gasteiger charge is 2.04. The van der Waals surface area contributed by atoms with Gasteiger partial charge in [-0.1, -0.05) is 6.08 Å². The van der Waals surface area contributed by atoms with Crippen molar-refractivity contribution in [1.82, 2.24) is 0 Å². The van der Waals surface area contributed by atoms with Crippen LogP contribution in [-0.2, 0) is 0 Å².